The SMILES string of the molecule is N=C1C(CO)=C(O)C2CCCCN12. The van der Waals surface area contributed by atoms with Crippen LogP contribution in [0.5, 0.6) is 0 Å². The van der Waals surface area contributed by atoms with Gasteiger partial charge < -0.3 is 15.1 Å². The first-order valence-electron chi connectivity index (χ1n) is 4.64. The summed E-state index contributed by atoms with van der Waals surface area (Å²) in [4.78, 5) is 1.88. The highest BCUT2D eigenvalue weighted by Gasteiger charge is 2.37. The third-order valence-electron chi connectivity index (χ3n) is 2.86. The van der Waals surface area contributed by atoms with Crippen LogP contribution in [-0.4, -0.2) is 40.1 Å². The Morgan fingerprint density at radius 2 is 2.23 bits per heavy atom. The minimum Gasteiger partial charge on any atom is -0.510 e. The summed E-state index contributed by atoms with van der Waals surface area (Å²) in [6.45, 7) is 0.606. The summed E-state index contributed by atoms with van der Waals surface area (Å²) >= 11 is 0. The molecule has 4 nitrogen and oxygen atoms in total. The maximum Gasteiger partial charge on any atom is 0.130 e. The number of nitrogens with zero attached hydrogens (tertiary/aromatic N) is 1. The second kappa shape index (κ2) is 3.03. The van der Waals surface area contributed by atoms with Crippen molar-refractivity contribution < 1.29 is 10.2 Å². The van der Waals surface area contributed by atoms with Crippen molar-refractivity contribution in [2.24, 2.45) is 0 Å². The zero-order valence-electron chi connectivity index (χ0n) is 7.45. The van der Waals surface area contributed by atoms with Gasteiger partial charge in [-0.05, 0) is 19.3 Å². The van der Waals surface area contributed by atoms with Crippen LogP contribution in [0.15, 0.2) is 11.3 Å². The average molecular weight is 182 g/mol. The minimum absolute atomic E-state index is 0.0246. The van der Waals surface area contributed by atoms with Gasteiger partial charge >= 0.3 is 0 Å². The van der Waals surface area contributed by atoms with E-state index in [1.54, 1.807) is 0 Å². The fraction of sp³-hybridized carbons (Fsp3) is 0.667. The minimum atomic E-state index is -0.225. The lowest BCUT2D eigenvalue weighted by molar-refractivity contribution is 0.222. The summed E-state index contributed by atoms with van der Waals surface area (Å²) < 4.78 is 0. The van der Waals surface area contributed by atoms with Gasteiger partial charge in [-0.3, -0.25) is 5.41 Å². The first-order chi connectivity index (χ1) is 6.25. The second-order valence-corrected chi connectivity index (χ2v) is 3.58. The Bertz CT molecular complexity index is 273. The van der Waals surface area contributed by atoms with Crippen LogP contribution in [0, 0.1) is 5.41 Å². The summed E-state index contributed by atoms with van der Waals surface area (Å²) in [5.74, 6) is 0.525. The van der Waals surface area contributed by atoms with Gasteiger partial charge in [-0.25, -0.2) is 0 Å². The van der Waals surface area contributed by atoms with Crippen LogP contribution < -0.4 is 0 Å². The number of aliphatic hydroxyl groups is 2. The fourth-order valence-corrected chi connectivity index (χ4v) is 2.14. The molecule has 0 aromatic rings. The van der Waals surface area contributed by atoms with Crippen molar-refractivity contribution in [1.29, 1.82) is 5.41 Å². The Labute approximate surface area is 77.0 Å². The lowest BCUT2D eigenvalue weighted by Gasteiger charge is -2.31. The first-order valence-corrected chi connectivity index (χ1v) is 4.64. The summed E-state index contributed by atoms with van der Waals surface area (Å²) in [5, 5.41) is 26.4. The summed E-state index contributed by atoms with van der Waals surface area (Å²) in [6, 6.07) is -0.0246. The number of fused-ring (bicyclic) bond motifs is 1. The Balaban J connectivity index is 2.28. The molecule has 1 unspecified atom stereocenters. The van der Waals surface area contributed by atoms with Gasteiger partial charge in [-0.1, -0.05) is 0 Å². The monoisotopic (exact) mass is 182 g/mol. The molecule has 0 aromatic carbocycles. The summed E-state index contributed by atoms with van der Waals surface area (Å²) in [6.07, 6.45) is 3.07. The highest BCUT2D eigenvalue weighted by atomic mass is 16.3. The first kappa shape index (κ1) is 8.56. The zero-order valence-corrected chi connectivity index (χ0v) is 7.45. The second-order valence-electron chi connectivity index (χ2n) is 3.58. The normalized spacial score (nSPS) is 28.2. The molecular weight excluding hydrogens is 168 g/mol. The molecule has 13 heavy (non-hydrogen) atoms. The molecule has 72 valence electrons. The fourth-order valence-electron chi connectivity index (χ4n) is 2.14. The van der Waals surface area contributed by atoms with Crippen molar-refractivity contribution in [3.8, 4) is 0 Å². The lowest BCUT2D eigenvalue weighted by atomic mass is 10.0. The molecule has 0 saturated carbocycles. The molecule has 2 aliphatic rings. The van der Waals surface area contributed by atoms with Crippen molar-refractivity contribution in [3.63, 3.8) is 0 Å². The highest BCUT2D eigenvalue weighted by molar-refractivity contribution is 5.99. The van der Waals surface area contributed by atoms with Gasteiger partial charge in [0.15, 0.2) is 0 Å². The molecule has 1 fully saturated rings. The van der Waals surface area contributed by atoms with Gasteiger partial charge in [-0.2, -0.15) is 0 Å². The van der Waals surface area contributed by atoms with Gasteiger partial charge in [0.2, 0.25) is 0 Å². The van der Waals surface area contributed by atoms with E-state index in [1.165, 1.54) is 0 Å². The molecule has 2 aliphatic heterocycles. The average Bonchev–Trinajstić information content (AvgIpc) is 2.41. The Morgan fingerprint density at radius 1 is 1.46 bits per heavy atom. The predicted molar refractivity (Wildman–Crippen MR) is 48.8 cm³/mol. The number of piperidine rings is 1. The van der Waals surface area contributed by atoms with Crippen molar-refractivity contribution in [2.75, 3.05) is 13.2 Å². The number of hydrogen-bond acceptors (Lipinski definition) is 3. The molecule has 2 heterocycles. The topological polar surface area (TPSA) is 67.5 Å². The Kier molecular flexibility index (Phi) is 2.00. The molecule has 0 aromatic heterocycles. The molecule has 0 amide bonds. The van der Waals surface area contributed by atoms with Crippen LogP contribution in [0.3, 0.4) is 0 Å². The van der Waals surface area contributed by atoms with E-state index in [0.29, 0.717) is 11.4 Å². The number of rotatable bonds is 1. The predicted octanol–water partition coefficient (Wildman–Crippen LogP) is 0.636. The number of nitrogens with one attached hydrogen (secondary N) is 1. The van der Waals surface area contributed by atoms with Crippen molar-refractivity contribution in [3.05, 3.63) is 11.3 Å². The van der Waals surface area contributed by atoms with Gasteiger partial charge in [0.05, 0.1) is 18.2 Å². The van der Waals surface area contributed by atoms with Crippen molar-refractivity contribution in [1.82, 2.24) is 4.90 Å². The summed E-state index contributed by atoms with van der Waals surface area (Å²) in [7, 11) is 0. The largest absolute Gasteiger partial charge is 0.510 e. The smallest absolute Gasteiger partial charge is 0.130 e. The van der Waals surface area contributed by atoms with Gasteiger partial charge in [0.1, 0.15) is 11.6 Å². The molecule has 4 heteroatoms. The molecule has 1 atom stereocenters. The van der Waals surface area contributed by atoms with Crippen molar-refractivity contribution in [2.45, 2.75) is 25.3 Å². The number of aliphatic hydroxyl groups excluding tert-OH is 2. The zero-order chi connectivity index (χ0) is 9.42. The van der Waals surface area contributed by atoms with E-state index in [4.69, 9.17) is 10.5 Å². The number of hydrogen-bond donors (Lipinski definition) is 3. The molecule has 2 rings (SSSR count). The molecule has 0 bridgehead atoms. The molecule has 3 N–H and O–H groups in total. The molecule has 0 aliphatic carbocycles. The van der Waals surface area contributed by atoms with E-state index in [-0.39, 0.29) is 18.4 Å². The Morgan fingerprint density at radius 3 is 2.85 bits per heavy atom. The third kappa shape index (κ3) is 1.13. The van der Waals surface area contributed by atoms with Crippen LogP contribution in [-0.2, 0) is 0 Å². The van der Waals surface area contributed by atoms with Gasteiger partial charge in [0.25, 0.3) is 0 Å². The van der Waals surface area contributed by atoms with Crippen molar-refractivity contribution >= 4 is 5.84 Å². The molecule has 0 radical (unpaired) electrons. The third-order valence-corrected chi connectivity index (χ3v) is 2.86. The van der Waals surface area contributed by atoms with E-state index < -0.39 is 0 Å². The van der Waals surface area contributed by atoms with Crippen LogP contribution >= 0.6 is 0 Å². The van der Waals surface area contributed by atoms with Gasteiger partial charge in [0, 0.05) is 6.54 Å². The standard InChI is InChI=1S/C9H14N2O2/c10-9-6(5-12)8(13)7-3-1-2-4-11(7)9/h7,10,12-13H,1-5H2. The van der Waals surface area contributed by atoms with Crippen LogP contribution in [0.1, 0.15) is 19.3 Å². The molecular formula is C9H14N2O2. The van der Waals surface area contributed by atoms with Crippen LogP contribution in [0.25, 0.3) is 0 Å². The maximum absolute atomic E-state index is 9.69. The Hall–Kier alpha value is -1.03. The highest BCUT2D eigenvalue weighted by Crippen LogP contribution is 2.31. The summed E-state index contributed by atoms with van der Waals surface area (Å²) in [5.41, 5.74) is 0.409. The van der Waals surface area contributed by atoms with Crippen LogP contribution in [0.4, 0.5) is 0 Å². The molecule has 0 spiro atoms. The van der Waals surface area contributed by atoms with E-state index in [2.05, 4.69) is 0 Å². The lowest BCUT2D eigenvalue weighted by Crippen LogP contribution is -2.39. The quantitative estimate of drug-likeness (QED) is 0.557. The van der Waals surface area contributed by atoms with E-state index in [0.717, 1.165) is 25.8 Å². The molecule has 1 saturated heterocycles. The van der Waals surface area contributed by atoms with E-state index >= 15 is 0 Å². The van der Waals surface area contributed by atoms with Crippen LogP contribution in [0.2, 0.25) is 0 Å². The van der Waals surface area contributed by atoms with E-state index in [1.807, 2.05) is 4.90 Å². The van der Waals surface area contributed by atoms with Gasteiger partial charge in [-0.15, -0.1) is 0 Å². The number of amidine groups is 1. The maximum atomic E-state index is 9.69. The van der Waals surface area contributed by atoms with E-state index in [9.17, 15) is 5.11 Å².